The first kappa shape index (κ1) is 19.3. The average Bonchev–Trinajstić information content (AvgIpc) is 2.95. The summed E-state index contributed by atoms with van der Waals surface area (Å²) in [6.07, 6.45) is 3.20. The molecule has 7 nitrogen and oxygen atoms in total. The van der Waals surface area contributed by atoms with E-state index in [1.165, 1.54) is 0 Å². The van der Waals surface area contributed by atoms with Crippen molar-refractivity contribution in [1.29, 1.82) is 0 Å². The van der Waals surface area contributed by atoms with E-state index in [1.54, 1.807) is 0 Å². The topological polar surface area (TPSA) is 62.6 Å². The van der Waals surface area contributed by atoms with Gasteiger partial charge in [0, 0.05) is 31.4 Å². The van der Waals surface area contributed by atoms with Gasteiger partial charge in [0.05, 0.1) is 13.2 Å². The van der Waals surface area contributed by atoms with E-state index in [-0.39, 0.29) is 5.91 Å². The molecule has 1 aromatic heterocycles. The molecule has 146 valence electrons. The van der Waals surface area contributed by atoms with E-state index >= 15 is 0 Å². The number of likely N-dealkylation sites (tertiary alicyclic amines) is 1. The largest absolute Gasteiger partial charge is 0.379 e. The Kier molecular flexibility index (Phi) is 6.67. The number of ether oxygens (including phenoxy) is 1. The highest BCUT2D eigenvalue weighted by Gasteiger charge is 2.25. The molecule has 0 bridgehead atoms. The Morgan fingerprint density at radius 1 is 1.19 bits per heavy atom. The SMILES string of the molecule is Cc1nc(C(=O)NCCCN2CCOCC2)c(C)n1C1CCN(C)CC1. The molecule has 3 rings (SSSR count). The number of morpholine rings is 1. The minimum Gasteiger partial charge on any atom is -0.379 e. The molecular formula is C19H33N5O2. The van der Waals surface area contributed by atoms with Crippen LogP contribution in [0.5, 0.6) is 0 Å². The van der Waals surface area contributed by atoms with Crippen molar-refractivity contribution in [3.63, 3.8) is 0 Å². The predicted molar refractivity (Wildman–Crippen MR) is 102 cm³/mol. The van der Waals surface area contributed by atoms with Crippen LogP contribution in [0.2, 0.25) is 0 Å². The standard InChI is InChI=1S/C19H33N5O2/c1-15-18(19(25)20-7-4-8-23-11-13-26-14-12-23)21-16(2)24(15)17-5-9-22(3)10-6-17/h17H,4-14H2,1-3H3,(H,20,25). The maximum atomic E-state index is 12.6. The average molecular weight is 364 g/mol. The Bertz CT molecular complexity index is 601. The second-order valence-electron chi connectivity index (χ2n) is 7.56. The number of aromatic nitrogens is 2. The number of amides is 1. The van der Waals surface area contributed by atoms with E-state index in [2.05, 4.69) is 31.7 Å². The quantitative estimate of drug-likeness (QED) is 0.770. The molecule has 0 saturated carbocycles. The third-order valence-electron chi connectivity index (χ3n) is 5.63. The van der Waals surface area contributed by atoms with Crippen LogP contribution in [0.25, 0.3) is 0 Å². The lowest BCUT2D eigenvalue weighted by molar-refractivity contribution is 0.0374. The summed E-state index contributed by atoms with van der Waals surface area (Å²) in [5.74, 6) is 0.912. The Balaban J connectivity index is 1.51. The molecule has 0 atom stereocenters. The fourth-order valence-electron chi connectivity index (χ4n) is 4.07. The van der Waals surface area contributed by atoms with Gasteiger partial charge in [-0.25, -0.2) is 4.98 Å². The zero-order valence-electron chi connectivity index (χ0n) is 16.5. The Labute approximate surface area is 156 Å². The van der Waals surface area contributed by atoms with Gasteiger partial charge in [0.1, 0.15) is 11.5 Å². The highest BCUT2D eigenvalue weighted by Crippen LogP contribution is 2.26. The molecule has 2 aliphatic rings. The zero-order chi connectivity index (χ0) is 18.5. The zero-order valence-corrected chi connectivity index (χ0v) is 16.5. The number of piperidine rings is 1. The lowest BCUT2D eigenvalue weighted by Gasteiger charge is -2.31. The molecule has 3 heterocycles. The molecule has 1 aromatic rings. The first-order valence-corrected chi connectivity index (χ1v) is 9.88. The molecule has 0 radical (unpaired) electrons. The summed E-state index contributed by atoms with van der Waals surface area (Å²) in [6.45, 7) is 11.6. The smallest absolute Gasteiger partial charge is 0.271 e. The van der Waals surface area contributed by atoms with Gasteiger partial charge in [0.25, 0.3) is 5.91 Å². The van der Waals surface area contributed by atoms with Crippen molar-refractivity contribution in [2.45, 2.75) is 39.2 Å². The van der Waals surface area contributed by atoms with Crippen LogP contribution in [0, 0.1) is 13.8 Å². The van der Waals surface area contributed by atoms with E-state index < -0.39 is 0 Å². The maximum absolute atomic E-state index is 12.6. The molecule has 0 unspecified atom stereocenters. The van der Waals surface area contributed by atoms with Gasteiger partial charge in [-0.3, -0.25) is 9.69 Å². The molecule has 26 heavy (non-hydrogen) atoms. The third-order valence-corrected chi connectivity index (χ3v) is 5.63. The number of imidazole rings is 1. The minimum absolute atomic E-state index is 0.0424. The number of hydrogen-bond acceptors (Lipinski definition) is 5. The highest BCUT2D eigenvalue weighted by molar-refractivity contribution is 5.93. The Hall–Kier alpha value is -1.44. The van der Waals surface area contributed by atoms with Crippen LogP contribution in [0.1, 0.15) is 47.3 Å². The van der Waals surface area contributed by atoms with Crippen LogP contribution in [-0.2, 0) is 4.74 Å². The number of rotatable bonds is 6. The maximum Gasteiger partial charge on any atom is 0.271 e. The van der Waals surface area contributed by atoms with Gasteiger partial charge in [0.15, 0.2) is 0 Å². The van der Waals surface area contributed by atoms with Crippen LogP contribution >= 0.6 is 0 Å². The normalized spacial score (nSPS) is 20.4. The molecule has 0 aromatic carbocycles. The van der Waals surface area contributed by atoms with Crippen molar-refractivity contribution >= 4 is 5.91 Å². The summed E-state index contributed by atoms with van der Waals surface area (Å²) in [4.78, 5) is 21.9. The molecular weight excluding hydrogens is 330 g/mol. The third kappa shape index (κ3) is 4.64. The first-order chi connectivity index (χ1) is 12.6. The van der Waals surface area contributed by atoms with Gasteiger partial charge in [-0.15, -0.1) is 0 Å². The fourth-order valence-corrected chi connectivity index (χ4v) is 4.07. The second kappa shape index (κ2) is 8.97. The molecule has 2 saturated heterocycles. The lowest BCUT2D eigenvalue weighted by atomic mass is 10.0. The van der Waals surface area contributed by atoms with E-state index in [0.29, 0.717) is 18.3 Å². The second-order valence-corrected chi connectivity index (χ2v) is 7.56. The number of nitrogens with zero attached hydrogens (tertiary/aromatic N) is 4. The first-order valence-electron chi connectivity index (χ1n) is 9.88. The lowest BCUT2D eigenvalue weighted by Crippen LogP contribution is -2.38. The van der Waals surface area contributed by atoms with Crippen LogP contribution in [-0.4, -0.2) is 84.8 Å². The van der Waals surface area contributed by atoms with Crippen molar-refractivity contribution in [2.24, 2.45) is 0 Å². The van der Waals surface area contributed by atoms with E-state index in [0.717, 1.165) is 76.7 Å². The molecule has 2 aliphatic heterocycles. The number of hydrogen-bond donors (Lipinski definition) is 1. The fraction of sp³-hybridized carbons (Fsp3) is 0.789. The van der Waals surface area contributed by atoms with Crippen LogP contribution < -0.4 is 5.32 Å². The summed E-state index contributed by atoms with van der Waals surface area (Å²) >= 11 is 0. The Morgan fingerprint density at radius 3 is 2.58 bits per heavy atom. The van der Waals surface area contributed by atoms with Crippen LogP contribution in [0.4, 0.5) is 0 Å². The summed E-state index contributed by atoms with van der Waals surface area (Å²) in [5, 5.41) is 3.05. The number of nitrogens with one attached hydrogen (secondary N) is 1. The monoisotopic (exact) mass is 363 g/mol. The molecule has 1 amide bonds. The van der Waals surface area contributed by atoms with Crippen molar-refractivity contribution in [1.82, 2.24) is 24.7 Å². The van der Waals surface area contributed by atoms with Crippen molar-refractivity contribution in [3.8, 4) is 0 Å². The van der Waals surface area contributed by atoms with E-state index in [1.807, 2.05) is 13.8 Å². The van der Waals surface area contributed by atoms with Gasteiger partial charge in [-0.1, -0.05) is 0 Å². The molecule has 1 N–H and O–H groups in total. The molecule has 0 aliphatic carbocycles. The minimum atomic E-state index is -0.0424. The predicted octanol–water partition coefficient (Wildman–Crippen LogP) is 1.22. The van der Waals surface area contributed by atoms with Crippen molar-refractivity contribution in [2.75, 3.05) is 59.5 Å². The van der Waals surface area contributed by atoms with E-state index in [9.17, 15) is 4.79 Å². The molecule has 7 heteroatoms. The molecule has 2 fully saturated rings. The van der Waals surface area contributed by atoms with Gasteiger partial charge in [-0.05, 0) is 59.8 Å². The summed E-state index contributed by atoms with van der Waals surface area (Å²) in [5.41, 5.74) is 1.59. The Morgan fingerprint density at radius 2 is 1.88 bits per heavy atom. The number of carbonyl (C=O) groups excluding carboxylic acids is 1. The highest BCUT2D eigenvalue weighted by atomic mass is 16.5. The summed E-state index contributed by atoms with van der Waals surface area (Å²) in [6, 6.07) is 0.460. The summed E-state index contributed by atoms with van der Waals surface area (Å²) < 4.78 is 7.63. The van der Waals surface area contributed by atoms with Crippen LogP contribution in [0.3, 0.4) is 0 Å². The van der Waals surface area contributed by atoms with Gasteiger partial charge >= 0.3 is 0 Å². The van der Waals surface area contributed by atoms with Crippen LogP contribution in [0.15, 0.2) is 0 Å². The van der Waals surface area contributed by atoms with Gasteiger partial charge < -0.3 is 19.5 Å². The summed E-state index contributed by atoms with van der Waals surface area (Å²) in [7, 11) is 2.17. The van der Waals surface area contributed by atoms with Crippen molar-refractivity contribution in [3.05, 3.63) is 17.2 Å². The van der Waals surface area contributed by atoms with Gasteiger partial charge in [0.2, 0.25) is 0 Å². The van der Waals surface area contributed by atoms with E-state index in [4.69, 9.17) is 4.74 Å². The van der Waals surface area contributed by atoms with Gasteiger partial charge in [-0.2, -0.15) is 0 Å². The number of aryl methyl sites for hydroxylation is 1. The number of carbonyl (C=O) groups is 1. The van der Waals surface area contributed by atoms with Crippen molar-refractivity contribution < 1.29 is 9.53 Å². The molecule has 0 spiro atoms.